The molecule has 0 bridgehead atoms. The van der Waals surface area contributed by atoms with Gasteiger partial charge < -0.3 is 16.2 Å². The average molecular weight is 242 g/mol. The van der Waals surface area contributed by atoms with Crippen molar-refractivity contribution in [3.8, 4) is 0 Å². The topological polar surface area (TPSA) is 92.4 Å². The SMILES string of the molecule is CC(CN)C(=O)NCC1(C(=O)O)CCCCC1. The van der Waals surface area contributed by atoms with Crippen LogP contribution in [0.1, 0.15) is 39.0 Å². The minimum Gasteiger partial charge on any atom is -0.481 e. The summed E-state index contributed by atoms with van der Waals surface area (Å²) in [4.78, 5) is 22.9. The molecule has 4 N–H and O–H groups in total. The van der Waals surface area contributed by atoms with Crippen LogP contribution in [0.3, 0.4) is 0 Å². The highest BCUT2D eigenvalue weighted by Crippen LogP contribution is 2.36. The third-order valence-electron chi connectivity index (χ3n) is 3.67. The fourth-order valence-corrected chi connectivity index (χ4v) is 2.23. The van der Waals surface area contributed by atoms with Crippen LogP contribution in [-0.4, -0.2) is 30.1 Å². The molecule has 1 saturated carbocycles. The molecule has 0 aromatic carbocycles. The van der Waals surface area contributed by atoms with E-state index in [1.54, 1.807) is 6.92 Å². The van der Waals surface area contributed by atoms with E-state index in [0.29, 0.717) is 12.8 Å². The first kappa shape index (κ1) is 14.0. The van der Waals surface area contributed by atoms with Gasteiger partial charge in [-0.3, -0.25) is 9.59 Å². The summed E-state index contributed by atoms with van der Waals surface area (Å²) in [5, 5.41) is 12.0. The molecule has 0 saturated heterocycles. The van der Waals surface area contributed by atoms with Gasteiger partial charge in [-0.25, -0.2) is 0 Å². The summed E-state index contributed by atoms with van der Waals surface area (Å²) in [6.07, 6.45) is 4.24. The predicted octanol–water partition coefficient (Wildman–Crippen LogP) is 0.733. The number of rotatable bonds is 5. The van der Waals surface area contributed by atoms with Gasteiger partial charge in [-0.15, -0.1) is 0 Å². The molecule has 5 heteroatoms. The number of carboxylic acid groups (broad SMARTS) is 1. The number of nitrogens with one attached hydrogen (secondary N) is 1. The molecule has 98 valence electrons. The highest BCUT2D eigenvalue weighted by atomic mass is 16.4. The molecule has 1 rings (SSSR count). The molecule has 1 amide bonds. The van der Waals surface area contributed by atoms with Crippen LogP contribution in [0, 0.1) is 11.3 Å². The van der Waals surface area contributed by atoms with Crippen LogP contribution < -0.4 is 11.1 Å². The quantitative estimate of drug-likeness (QED) is 0.662. The average Bonchev–Trinajstić information content (AvgIpc) is 2.35. The lowest BCUT2D eigenvalue weighted by atomic mass is 9.74. The monoisotopic (exact) mass is 242 g/mol. The van der Waals surface area contributed by atoms with E-state index in [4.69, 9.17) is 5.73 Å². The van der Waals surface area contributed by atoms with Gasteiger partial charge in [0.25, 0.3) is 0 Å². The van der Waals surface area contributed by atoms with Gasteiger partial charge in [-0.2, -0.15) is 0 Å². The van der Waals surface area contributed by atoms with E-state index in [9.17, 15) is 14.7 Å². The van der Waals surface area contributed by atoms with Crippen molar-refractivity contribution in [3.63, 3.8) is 0 Å². The minimum absolute atomic E-state index is 0.154. The number of aliphatic carboxylic acids is 1. The maximum Gasteiger partial charge on any atom is 0.311 e. The Hall–Kier alpha value is -1.10. The lowest BCUT2D eigenvalue weighted by molar-refractivity contribution is -0.151. The fourth-order valence-electron chi connectivity index (χ4n) is 2.23. The van der Waals surface area contributed by atoms with Crippen molar-refractivity contribution in [1.29, 1.82) is 0 Å². The predicted molar refractivity (Wildman–Crippen MR) is 64.4 cm³/mol. The molecule has 0 heterocycles. The van der Waals surface area contributed by atoms with E-state index in [2.05, 4.69) is 5.32 Å². The Morgan fingerprint density at radius 2 is 1.94 bits per heavy atom. The molecule has 1 unspecified atom stereocenters. The maximum atomic E-state index is 11.6. The third kappa shape index (κ3) is 3.43. The first-order valence-electron chi connectivity index (χ1n) is 6.23. The largest absolute Gasteiger partial charge is 0.481 e. The van der Waals surface area contributed by atoms with Crippen molar-refractivity contribution in [1.82, 2.24) is 5.32 Å². The molecular formula is C12H22N2O3. The molecule has 17 heavy (non-hydrogen) atoms. The van der Waals surface area contributed by atoms with Crippen LogP contribution in [0.25, 0.3) is 0 Å². The number of hydrogen-bond acceptors (Lipinski definition) is 3. The molecule has 1 aliphatic rings. The zero-order valence-electron chi connectivity index (χ0n) is 10.4. The first-order valence-corrected chi connectivity index (χ1v) is 6.23. The molecule has 0 aromatic heterocycles. The maximum absolute atomic E-state index is 11.6. The molecule has 1 aliphatic carbocycles. The van der Waals surface area contributed by atoms with E-state index in [1.165, 1.54) is 0 Å². The fraction of sp³-hybridized carbons (Fsp3) is 0.833. The molecule has 1 fully saturated rings. The highest BCUT2D eigenvalue weighted by Gasteiger charge is 2.39. The smallest absolute Gasteiger partial charge is 0.311 e. The summed E-state index contributed by atoms with van der Waals surface area (Å²) in [6, 6.07) is 0. The van der Waals surface area contributed by atoms with Crippen LogP contribution in [0.5, 0.6) is 0 Å². The lowest BCUT2D eigenvalue weighted by Crippen LogP contribution is -2.46. The van der Waals surface area contributed by atoms with Crippen LogP contribution in [-0.2, 0) is 9.59 Å². The Labute approximate surface area is 102 Å². The van der Waals surface area contributed by atoms with E-state index in [1.807, 2.05) is 0 Å². The van der Waals surface area contributed by atoms with Gasteiger partial charge in [0.05, 0.1) is 5.41 Å². The molecule has 5 nitrogen and oxygen atoms in total. The summed E-state index contributed by atoms with van der Waals surface area (Å²) in [5.41, 5.74) is 4.64. The summed E-state index contributed by atoms with van der Waals surface area (Å²) >= 11 is 0. The van der Waals surface area contributed by atoms with Crippen molar-refractivity contribution >= 4 is 11.9 Å². The first-order chi connectivity index (χ1) is 8.02. The van der Waals surface area contributed by atoms with Gasteiger partial charge in [0.15, 0.2) is 0 Å². The van der Waals surface area contributed by atoms with Gasteiger partial charge >= 0.3 is 5.97 Å². The number of carbonyl (C=O) groups excluding carboxylic acids is 1. The Morgan fingerprint density at radius 3 is 2.41 bits per heavy atom. The Morgan fingerprint density at radius 1 is 1.35 bits per heavy atom. The number of carboxylic acids is 1. The highest BCUT2D eigenvalue weighted by molar-refractivity contribution is 5.80. The zero-order valence-corrected chi connectivity index (χ0v) is 10.4. The van der Waals surface area contributed by atoms with Crippen molar-refractivity contribution in [2.24, 2.45) is 17.1 Å². The van der Waals surface area contributed by atoms with Gasteiger partial charge in [0, 0.05) is 19.0 Å². The molecule has 0 radical (unpaired) electrons. The summed E-state index contributed by atoms with van der Waals surface area (Å²) in [7, 11) is 0. The van der Waals surface area contributed by atoms with E-state index in [0.717, 1.165) is 19.3 Å². The third-order valence-corrected chi connectivity index (χ3v) is 3.67. The number of hydrogen-bond donors (Lipinski definition) is 3. The van der Waals surface area contributed by atoms with Crippen molar-refractivity contribution < 1.29 is 14.7 Å². The van der Waals surface area contributed by atoms with E-state index >= 15 is 0 Å². The number of carbonyl (C=O) groups is 2. The van der Waals surface area contributed by atoms with Crippen molar-refractivity contribution in [3.05, 3.63) is 0 Å². The second-order valence-corrected chi connectivity index (χ2v) is 5.00. The summed E-state index contributed by atoms with van der Waals surface area (Å²) in [5.74, 6) is -1.21. The normalized spacial score (nSPS) is 20.6. The van der Waals surface area contributed by atoms with Crippen LogP contribution in [0.2, 0.25) is 0 Å². The second kappa shape index (κ2) is 6.00. The zero-order chi connectivity index (χ0) is 12.9. The number of amides is 1. The molecule has 0 aromatic rings. The Bertz CT molecular complexity index is 285. The van der Waals surface area contributed by atoms with Gasteiger partial charge in [-0.05, 0) is 12.8 Å². The van der Waals surface area contributed by atoms with E-state index < -0.39 is 11.4 Å². The van der Waals surface area contributed by atoms with Crippen molar-refractivity contribution in [2.75, 3.05) is 13.1 Å². The molecule has 1 atom stereocenters. The lowest BCUT2D eigenvalue weighted by Gasteiger charge is -2.33. The summed E-state index contributed by atoms with van der Waals surface area (Å²) < 4.78 is 0. The van der Waals surface area contributed by atoms with E-state index in [-0.39, 0.29) is 24.9 Å². The van der Waals surface area contributed by atoms with Crippen molar-refractivity contribution in [2.45, 2.75) is 39.0 Å². The second-order valence-electron chi connectivity index (χ2n) is 5.00. The molecule has 0 spiro atoms. The Balaban J connectivity index is 2.56. The standard InChI is InChI=1S/C12H22N2O3/c1-9(7-13)10(15)14-8-12(11(16)17)5-3-2-4-6-12/h9H,2-8,13H2,1H3,(H,14,15)(H,16,17). The molecule has 0 aliphatic heterocycles. The van der Waals surface area contributed by atoms with Crippen LogP contribution >= 0.6 is 0 Å². The van der Waals surface area contributed by atoms with Crippen LogP contribution in [0.15, 0.2) is 0 Å². The van der Waals surface area contributed by atoms with Gasteiger partial charge in [0.1, 0.15) is 0 Å². The Kier molecular flexibility index (Phi) is 4.93. The number of nitrogens with two attached hydrogens (primary N) is 1. The summed E-state index contributed by atoms with van der Waals surface area (Å²) in [6.45, 7) is 2.25. The van der Waals surface area contributed by atoms with Gasteiger partial charge in [-0.1, -0.05) is 26.2 Å². The minimum atomic E-state index is -0.794. The van der Waals surface area contributed by atoms with Gasteiger partial charge in [0.2, 0.25) is 5.91 Å². The molecular weight excluding hydrogens is 220 g/mol. The van der Waals surface area contributed by atoms with Crippen LogP contribution in [0.4, 0.5) is 0 Å².